The second-order valence-corrected chi connectivity index (χ2v) is 7.66. The number of benzene rings is 1. The Morgan fingerprint density at radius 1 is 1.34 bits per heavy atom. The fourth-order valence-corrected chi connectivity index (χ4v) is 3.59. The van der Waals surface area contributed by atoms with Crippen LogP contribution in [0.5, 0.6) is 0 Å². The van der Waals surface area contributed by atoms with Crippen molar-refractivity contribution in [2.45, 2.75) is 32.3 Å². The van der Waals surface area contributed by atoms with Crippen molar-refractivity contribution < 1.29 is 19.1 Å². The van der Waals surface area contributed by atoms with Crippen molar-refractivity contribution in [2.75, 3.05) is 32.8 Å². The topological polar surface area (TPSA) is 115 Å². The number of para-hydroxylation sites is 1. The van der Waals surface area contributed by atoms with E-state index in [0.717, 1.165) is 35.8 Å². The van der Waals surface area contributed by atoms with Gasteiger partial charge in [-0.3, -0.25) is 14.4 Å². The second kappa shape index (κ2) is 12.3. The molecule has 3 rings (SSSR count). The number of aldehydes is 1. The number of amides is 2. The summed E-state index contributed by atoms with van der Waals surface area (Å²) in [4.78, 5) is 39.1. The van der Waals surface area contributed by atoms with E-state index in [1.165, 1.54) is 18.3 Å². The molecule has 2 heterocycles. The number of nitrogens with zero attached hydrogens (tertiary/aromatic N) is 2. The first kappa shape index (κ1) is 22.9. The summed E-state index contributed by atoms with van der Waals surface area (Å²) in [5, 5.41) is 3.38. The number of hydrogen-bond donors (Lipinski definition) is 2. The fourth-order valence-electron chi connectivity index (χ4n) is 2.81. The zero-order chi connectivity index (χ0) is 21.1. The van der Waals surface area contributed by atoms with Crippen LogP contribution in [0.1, 0.15) is 36.0 Å². The van der Waals surface area contributed by atoms with Gasteiger partial charge in [0.25, 0.3) is 5.91 Å². The van der Waals surface area contributed by atoms with Crippen LogP contribution in [0.15, 0.2) is 24.3 Å². The molecule has 2 amide bonds. The minimum absolute atomic E-state index is 0.0148. The van der Waals surface area contributed by atoms with Crippen molar-refractivity contribution in [1.82, 2.24) is 15.2 Å². The van der Waals surface area contributed by atoms with Crippen molar-refractivity contribution in [3.05, 3.63) is 29.3 Å². The van der Waals surface area contributed by atoms with Gasteiger partial charge in [0.1, 0.15) is 0 Å². The van der Waals surface area contributed by atoms with Gasteiger partial charge < -0.3 is 20.7 Å². The lowest BCUT2D eigenvalue weighted by Gasteiger charge is -2.31. The average molecular weight is 421 g/mol. The summed E-state index contributed by atoms with van der Waals surface area (Å²) in [6.45, 7) is 4.17. The number of unbranched alkanes of at least 4 members (excludes halogenated alkanes) is 2. The zero-order valence-electron chi connectivity index (χ0n) is 16.6. The highest BCUT2D eigenvalue weighted by molar-refractivity contribution is 7.19. The van der Waals surface area contributed by atoms with Crippen molar-refractivity contribution in [3.8, 4) is 0 Å². The number of thiazole rings is 1. The Morgan fingerprint density at radius 3 is 2.83 bits per heavy atom. The molecule has 3 N–H and O–H groups in total. The maximum atomic E-state index is 11.8. The van der Waals surface area contributed by atoms with E-state index in [4.69, 9.17) is 10.5 Å². The van der Waals surface area contributed by atoms with Crippen LogP contribution in [0.2, 0.25) is 0 Å². The lowest BCUT2D eigenvalue weighted by molar-refractivity contribution is -0.145. The Hall–Kier alpha value is -2.36. The number of aromatic nitrogens is 1. The first-order chi connectivity index (χ1) is 14.0. The molecule has 0 spiro atoms. The molecule has 158 valence electrons. The molecule has 0 radical (unpaired) electrons. The molecule has 0 saturated carbocycles. The molecule has 1 atom stereocenters. The van der Waals surface area contributed by atoms with Crippen LogP contribution in [0.3, 0.4) is 0 Å². The lowest BCUT2D eigenvalue weighted by Crippen LogP contribution is -2.51. The molecule has 1 aliphatic heterocycles. The summed E-state index contributed by atoms with van der Waals surface area (Å²) >= 11 is 1.42. The van der Waals surface area contributed by atoms with Crippen LogP contribution < -0.4 is 11.1 Å². The molecule has 1 unspecified atom stereocenters. The van der Waals surface area contributed by atoms with E-state index < -0.39 is 6.10 Å². The van der Waals surface area contributed by atoms with Crippen molar-refractivity contribution >= 4 is 39.7 Å². The Bertz CT molecular complexity index is 778. The zero-order valence-corrected chi connectivity index (χ0v) is 17.5. The number of hydrogen-bond acceptors (Lipinski definition) is 7. The third-order valence-electron chi connectivity index (χ3n) is 4.40. The number of morpholine rings is 1. The third kappa shape index (κ3) is 7.52. The van der Waals surface area contributed by atoms with Crippen LogP contribution in [-0.2, 0) is 14.3 Å². The largest absolute Gasteiger partial charge is 0.365 e. The predicted octanol–water partition coefficient (Wildman–Crippen LogP) is 1.59. The summed E-state index contributed by atoms with van der Waals surface area (Å²) in [5.74, 6) is -0.146. The summed E-state index contributed by atoms with van der Waals surface area (Å²) in [7, 11) is 0. The SMILES string of the molecule is CC(=O)N1CCOC(C(=O)NCCCCCN)C1.O=Cc1nc2ccccc2s1. The van der Waals surface area contributed by atoms with Crippen molar-refractivity contribution in [3.63, 3.8) is 0 Å². The van der Waals surface area contributed by atoms with Gasteiger partial charge in [0.15, 0.2) is 17.4 Å². The van der Waals surface area contributed by atoms with Crippen LogP contribution in [0, 0.1) is 0 Å². The Balaban J connectivity index is 0.000000230. The number of carbonyl (C=O) groups excluding carboxylic acids is 3. The van der Waals surface area contributed by atoms with E-state index in [0.29, 0.717) is 37.8 Å². The number of ether oxygens (including phenoxy) is 1. The maximum absolute atomic E-state index is 11.8. The van der Waals surface area contributed by atoms with Gasteiger partial charge in [-0.05, 0) is 31.5 Å². The standard InChI is InChI=1S/C12H23N3O3.C8H5NOS/c1-10(16)15-7-8-18-11(9-15)12(17)14-6-4-2-3-5-13;10-5-8-9-6-3-1-2-4-7(6)11-8/h11H,2-9,13H2,1H3,(H,14,17);1-5H. The molecule has 8 nitrogen and oxygen atoms in total. The van der Waals surface area contributed by atoms with Gasteiger partial charge in [0.05, 0.1) is 23.4 Å². The molecule has 1 saturated heterocycles. The fraction of sp³-hybridized carbons (Fsp3) is 0.500. The molecular weight excluding hydrogens is 392 g/mol. The molecular formula is C20H28N4O4S. The van der Waals surface area contributed by atoms with Crippen LogP contribution >= 0.6 is 11.3 Å². The predicted molar refractivity (Wildman–Crippen MR) is 113 cm³/mol. The summed E-state index contributed by atoms with van der Waals surface area (Å²) in [6, 6.07) is 7.71. The highest BCUT2D eigenvalue weighted by Gasteiger charge is 2.27. The molecule has 1 aliphatic rings. The van der Waals surface area contributed by atoms with Gasteiger partial charge in [-0.1, -0.05) is 18.6 Å². The molecule has 0 bridgehead atoms. The van der Waals surface area contributed by atoms with Gasteiger partial charge in [-0.2, -0.15) is 0 Å². The van der Waals surface area contributed by atoms with E-state index in [2.05, 4.69) is 10.3 Å². The monoisotopic (exact) mass is 420 g/mol. The van der Waals surface area contributed by atoms with Gasteiger partial charge in [0.2, 0.25) is 5.91 Å². The van der Waals surface area contributed by atoms with E-state index in [9.17, 15) is 14.4 Å². The normalized spacial score (nSPS) is 16.1. The van der Waals surface area contributed by atoms with Crippen LogP contribution in [0.4, 0.5) is 0 Å². The van der Waals surface area contributed by atoms with Crippen LogP contribution in [-0.4, -0.2) is 66.9 Å². The van der Waals surface area contributed by atoms with Crippen molar-refractivity contribution in [2.24, 2.45) is 5.73 Å². The quantitative estimate of drug-likeness (QED) is 0.519. The van der Waals surface area contributed by atoms with E-state index >= 15 is 0 Å². The van der Waals surface area contributed by atoms with Gasteiger partial charge in [-0.15, -0.1) is 11.3 Å². The first-order valence-electron chi connectivity index (χ1n) is 9.70. The van der Waals surface area contributed by atoms with Gasteiger partial charge in [-0.25, -0.2) is 4.98 Å². The average Bonchev–Trinajstić information content (AvgIpc) is 3.17. The molecule has 1 aromatic carbocycles. The number of rotatable bonds is 7. The highest BCUT2D eigenvalue weighted by Crippen LogP contribution is 2.19. The second-order valence-electron chi connectivity index (χ2n) is 6.60. The summed E-state index contributed by atoms with van der Waals surface area (Å²) < 4.78 is 6.44. The summed E-state index contributed by atoms with van der Waals surface area (Å²) in [6.07, 6.45) is 3.17. The van der Waals surface area contributed by atoms with E-state index in [1.54, 1.807) is 4.90 Å². The molecule has 2 aromatic rings. The minimum atomic E-state index is -0.530. The van der Waals surface area contributed by atoms with Crippen molar-refractivity contribution in [1.29, 1.82) is 0 Å². The maximum Gasteiger partial charge on any atom is 0.250 e. The van der Waals surface area contributed by atoms with E-state index in [1.807, 2.05) is 24.3 Å². The molecule has 9 heteroatoms. The Labute approximate surface area is 174 Å². The smallest absolute Gasteiger partial charge is 0.250 e. The molecule has 29 heavy (non-hydrogen) atoms. The third-order valence-corrected chi connectivity index (χ3v) is 5.36. The highest BCUT2D eigenvalue weighted by atomic mass is 32.1. The van der Waals surface area contributed by atoms with E-state index in [-0.39, 0.29) is 11.8 Å². The van der Waals surface area contributed by atoms with Gasteiger partial charge in [0, 0.05) is 20.0 Å². The summed E-state index contributed by atoms with van der Waals surface area (Å²) in [5.41, 5.74) is 6.29. The van der Waals surface area contributed by atoms with Crippen LogP contribution in [0.25, 0.3) is 10.2 Å². The first-order valence-corrected chi connectivity index (χ1v) is 10.5. The Kier molecular flexibility index (Phi) is 9.69. The van der Waals surface area contributed by atoms with Gasteiger partial charge >= 0.3 is 0 Å². The minimum Gasteiger partial charge on any atom is -0.365 e. The number of carbonyl (C=O) groups is 3. The number of nitrogens with two attached hydrogens (primary N) is 1. The Morgan fingerprint density at radius 2 is 2.14 bits per heavy atom. The lowest BCUT2D eigenvalue weighted by atomic mass is 10.2. The number of fused-ring (bicyclic) bond motifs is 1. The molecule has 1 aromatic heterocycles. The molecule has 0 aliphatic carbocycles. The molecule has 1 fully saturated rings. The number of nitrogens with one attached hydrogen (secondary N) is 1.